The van der Waals surface area contributed by atoms with Gasteiger partial charge in [0.15, 0.2) is 0 Å². The molecule has 5 heteroatoms. The average Bonchev–Trinajstić information content (AvgIpc) is 2.89. The van der Waals surface area contributed by atoms with Crippen LogP contribution in [0.2, 0.25) is 0 Å². The van der Waals surface area contributed by atoms with Crippen LogP contribution in [0.15, 0.2) is 11.5 Å². The van der Waals surface area contributed by atoms with E-state index in [0.29, 0.717) is 11.8 Å². The summed E-state index contributed by atoms with van der Waals surface area (Å²) in [5.74, 6) is 6.54. The zero-order chi connectivity index (χ0) is 26.0. The molecule has 0 amide bonds. The van der Waals surface area contributed by atoms with Crippen molar-refractivity contribution in [1.82, 2.24) is 0 Å². The van der Waals surface area contributed by atoms with Crippen LogP contribution in [0.5, 0.6) is 0 Å². The molecule has 0 spiro atoms. The van der Waals surface area contributed by atoms with Gasteiger partial charge in [-0.2, -0.15) is 8.78 Å². The maximum atomic E-state index is 13.2. The predicted molar refractivity (Wildman–Crippen MR) is 156 cm³/mol. The van der Waals surface area contributed by atoms with E-state index in [4.69, 9.17) is 4.74 Å². The standard InChI is InChI=1S/C16H28S.C15H26F2OS/c1-13-3-7-15(8-4-13)16-9-5-14(6-10-16)11-12-17-2;1-11-3-5-12(6-4-11)13-7-9-14(10-8-13)18-15(16,17)19-2/h11-16H,3-10H2,1-2H3;11-14H,3-10H2,1-2H3. The highest BCUT2D eigenvalue weighted by Crippen LogP contribution is 2.43. The molecule has 4 fully saturated rings. The zero-order valence-corrected chi connectivity index (χ0v) is 25.2. The van der Waals surface area contributed by atoms with Gasteiger partial charge < -0.3 is 4.74 Å². The van der Waals surface area contributed by atoms with Crippen LogP contribution in [-0.2, 0) is 4.74 Å². The van der Waals surface area contributed by atoms with Gasteiger partial charge in [0.25, 0.3) is 0 Å². The highest BCUT2D eigenvalue weighted by Gasteiger charge is 2.36. The van der Waals surface area contributed by atoms with Gasteiger partial charge in [-0.1, -0.05) is 57.4 Å². The van der Waals surface area contributed by atoms with E-state index in [1.165, 1.54) is 83.3 Å². The van der Waals surface area contributed by atoms with Crippen LogP contribution in [-0.4, -0.2) is 24.1 Å². The number of halogens is 2. The van der Waals surface area contributed by atoms with E-state index < -0.39 is 5.44 Å². The SMILES string of the molecule is CSC(F)(F)OC1CCC(C2CCC(C)CC2)CC1.CSC=CC1CCC(C2CCC(C)CC2)CC1. The number of ether oxygens (including phenoxy) is 1. The Labute approximate surface area is 230 Å². The molecule has 0 atom stereocenters. The second-order valence-electron chi connectivity index (χ2n) is 12.6. The lowest BCUT2D eigenvalue weighted by Gasteiger charge is -2.37. The van der Waals surface area contributed by atoms with Crippen molar-refractivity contribution in [3.05, 3.63) is 11.5 Å². The maximum absolute atomic E-state index is 13.2. The molecule has 0 saturated heterocycles. The normalized spacial score (nSPS) is 38.4. The molecule has 4 saturated carbocycles. The lowest BCUT2D eigenvalue weighted by molar-refractivity contribution is -0.201. The molecule has 0 heterocycles. The zero-order valence-electron chi connectivity index (χ0n) is 23.6. The van der Waals surface area contributed by atoms with E-state index >= 15 is 0 Å². The van der Waals surface area contributed by atoms with Crippen molar-refractivity contribution in [2.24, 2.45) is 41.4 Å². The number of alkyl halides is 2. The summed E-state index contributed by atoms with van der Waals surface area (Å²) in [4.78, 5) is 0. The second-order valence-corrected chi connectivity index (χ2v) is 14.2. The quantitative estimate of drug-likeness (QED) is 0.295. The monoisotopic (exact) mass is 544 g/mol. The minimum atomic E-state index is -3.00. The molecule has 0 aromatic heterocycles. The van der Waals surface area contributed by atoms with Crippen LogP contribution in [0.25, 0.3) is 0 Å². The van der Waals surface area contributed by atoms with Gasteiger partial charge in [-0.25, -0.2) is 0 Å². The lowest BCUT2D eigenvalue weighted by Crippen LogP contribution is -2.31. The predicted octanol–water partition coefficient (Wildman–Crippen LogP) is 10.8. The van der Waals surface area contributed by atoms with Gasteiger partial charge in [-0.05, 0) is 136 Å². The van der Waals surface area contributed by atoms with Crippen molar-refractivity contribution in [2.75, 3.05) is 12.5 Å². The highest BCUT2D eigenvalue weighted by molar-refractivity contribution is 8.01. The molecule has 0 aromatic carbocycles. The smallest absolute Gasteiger partial charge is 0.308 e. The Bertz CT molecular complexity index is 610. The van der Waals surface area contributed by atoms with E-state index in [-0.39, 0.29) is 6.10 Å². The first kappa shape index (κ1) is 30.8. The Balaban J connectivity index is 0.000000202. The fraction of sp³-hybridized carbons (Fsp3) is 0.935. The summed E-state index contributed by atoms with van der Waals surface area (Å²) >= 11 is 2.34. The van der Waals surface area contributed by atoms with Crippen LogP contribution in [0, 0.1) is 41.4 Å². The maximum Gasteiger partial charge on any atom is 0.407 e. The highest BCUT2D eigenvalue weighted by atomic mass is 32.2. The van der Waals surface area contributed by atoms with Gasteiger partial charge >= 0.3 is 5.44 Å². The van der Waals surface area contributed by atoms with Crippen molar-refractivity contribution in [2.45, 2.75) is 128 Å². The Morgan fingerprint density at radius 2 is 1.00 bits per heavy atom. The van der Waals surface area contributed by atoms with Gasteiger partial charge in [0, 0.05) is 0 Å². The van der Waals surface area contributed by atoms with Gasteiger partial charge in [-0.15, -0.1) is 11.8 Å². The fourth-order valence-corrected chi connectivity index (χ4v) is 8.04. The molecule has 210 valence electrons. The molecule has 4 rings (SSSR count). The molecule has 4 aliphatic rings. The number of hydrogen-bond acceptors (Lipinski definition) is 3. The molecular weight excluding hydrogens is 490 g/mol. The topological polar surface area (TPSA) is 9.23 Å². The Kier molecular flexibility index (Phi) is 13.5. The third kappa shape index (κ3) is 10.4. The molecule has 0 unspecified atom stereocenters. The first-order valence-corrected chi connectivity index (χ1v) is 17.6. The summed E-state index contributed by atoms with van der Waals surface area (Å²) in [5, 5.41) is 2.29. The number of rotatable bonds is 7. The largest absolute Gasteiger partial charge is 0.407 e. The molecule has 4 aliphatic carbocycles. The molecule has 0 aromatic rings. The molecule has 1 nitrogen and oxygen atoms in total. The van der Waals surface area contributed by atoms with E-state index in [0.717, 1.165) is 67.1 Å². The summed E-state index contributed by atoms with van der Waals surface area (Å²) in [6.07, 6.45) is 26.9. The van der Waals surface area contributed by atoms with Crippen molar-refractivity contribution >= 4 is 23.5 Å². The summed E-state index contributed by atoms with van der Waals surface area (Å²) in [6.45, 7) is 4.77. The average molecular weight is 545 g/mol. The molecule has 36 heavy (non-hydrogen) atoms. The van der Waals surface area contributed by atoms with Crippen LogP contribution >= 0.6 is 23.5 Å². The number of thioether (sulfide) groups is 2. The third-order valence-electron chi connectivity index (χ3n) is 10.0. The second kappa shape index (κ2) is 15.8. The Morgan fingerprint density at radius 3 is 1.39 bits per heavy atom. The Morgan fingerprint density at radius 1 is 0.611 bits per heavy atom. The Hall–Kier alpha value is 0.260. The molecule has 0 bridgehead atoms. The first-order chi connectivity index (χ1) is 17.3. The van der Waals surface area contributed by atoms with Gasteiger partial charge in [0.2, 0.25) is 0 Å². The fourth-order valence-electron chi connectivity index (χ4n) is 7.43. The molecule has 0 radical (unpaired) electrons. The molecule has 0 N–H and O–H groups in total. The lowest BCUT2D eigenvalue weighted by atomic mass is 9.69. The third-order valence-corrected chi connectivity index (χ3v) is 11.0. The van der Waals surface area contributed by atoms with E-state index in [1.807, 2.05) is 11.8 Å². The molecule has 0 aliphatic heterocycles. The van der Waals surface area contributed by atoms with Crippen LogP contribution in [0.4, 0.5) is 8.78 Å². The van der Waals surface area contributed by atoms with Crippen LogP contribution < -0.4 is 0 Å². The first-order valence-electron chi connectivity index (χ1n) is 15.1. The summed E-state index contributed by atoms with van der Waals surface area (Å²) in [6, 6.07) is 0. The summed E-state index contributed by atoms with van der Waals surface area (Å²) in [5.41, 5.74) is -3.00. The van der Waals surface area contributed by atoms with Gasteiger partial charge in [0.1, 0.15) is 0 Å². The van der Waals surface area contributed by atoms with Gasteiger partial charge in [0.05, 0.1) is 6.10 Å². The van der Waals surface area contributed by atoms with Crippen molar-refractivity contribution < 1.29 is 13.5 Å². The molecular formula is C31H54F2OS2. The minimum Gasteiger partial charge on any atom is -0.308 e. The van der Waals surface area contributed by atoms with Crippen LogP contribution in [0.3, 0.4) is 0 Å². The minimum absolute atomic E-state index is 0.235. The van der Waals surface area contributed by atoms with E-state index in [1.54, 1.807) is 0 Å². The van der Waals surface area contributed by atoms with Gasteiger partial charge in [-0.3, -0.25) is 0 Å². The van der Waals surface area contributed by atoms with Crippen LogP contribution in [0.1, 0.15) is 117 Å². The van der Waals surface area contributed by atoms with E-state index in [9.17, 15) is 8.78 Å². The van der Waals surface area contributed by atoms with Crippen molar-refractivity contribution in [3.63, 3.8) is 0 Å². The van der Waals surface area contributed by atoms with Crippen molar-refractivity contribution in [1.29, 1.82) is 0 Å². The summed E-state index contributed by atoms with van der Waals surface area (Å²) < 4.78 is 31.3. The van der Waals surface area contributed by atoms with E-state index in [2.05, 4.69) is 31.6 Å². The number of allylic oxidation sites excluding steroid dienone is 1. The van der Waals surface area contributed by atoms with Crippen molar-refractivity contribution in [3.8, 4) is 0 Å². The number of hydrogen-bond donors (Lipinski definition) is 0. The summed E-state index contributed by atoms with van der Waals surface area (Å²) in [7, 11) is 0.